The number of hydrogen-bond donors (Lipinski definition) is 0. The molecule has 1 rings (SSSR count). The lowest BCUT2D eigenvalue weighted by Crippen LogP contribution is -1.85. The third kappa shape index (κ3) is 2.35. The number of alkyl halides is 1. The first kappa shape index (κ1) is 9.28. The van der Waals surface area contributed by atoms with Crippen molar-refractivity contribution in [3.05, 3.63) is 35.4 Å². The molecule has 1 nitrogen and oxygen atoms in total. The molecule has 1 aromatic carbocycles. The molecule has 0 N–H and O–H groups in total. The molecule has 1 atom stereocenters. The van der Waals surface area contributed by atoms with E-state index >= 15 is 0 Å². The molecular weight excluding hydrogens is 214 g/mol. The van der Waals surface area contributed by atoms with Crippen LogP contribution >= 0.6 is 15.9 Å². The van der Waals surface area contributed by atoms with Gasteiger partial charge in [0.15, 0.2) is 0 Å². The highest BCUT2D eigenvalue weighted by molar-refractivity contribution is 9.09. The summed E-state index contributed by atoms with van der Waals surface area (Å²) in [6.45, 7) is 2.08. The molecular formula is C10H10BrN. The number of rotatable bonds is 2. The molecule has 0 aromatic heterocycles. The maximum absolute atomic E-state index is 8.44. The topological polar surface area (TPSA) is 23.8 Å². The minimum Gasteiger partial charge on any atom is -0.198 e. The van der Waals surface area contributed by atoms with E-state index in [2.05, 4.69) is 28.9 Å². The van der Waals surface area contributed by atoms with Gasteiger partial charge in [-0.2, -0.15) is 5.26 Å². The summed E-state index contributed by atoms with van der Waals surface area (Å²) in [4.78, 5) is 0.383. The minimum absolute atomic E-state index is 0.383. The van der Waals surface area contributed by atoms with Crippen LogP contribution in [0.4, 0.5) is 0 Å². The lowest BCUT2D eigenvalue weighted by atomic mass is 10.1. The van der Waals surface area contributed by atoms with E-state index in [4.69, 9.17) is 5.26 Å². The van der Waals surface area contributed by atoms with Crippen molar-refractivity contribution in [2.24, 2.45) is 0 Å². The van der Waals surface area contributed by atoms with Crippen LogP contribution in [0.2, 0.25) is 0 Å². The summed E-state index contributed by atoms with van der Waals surface area (Å²) in [6.07, 6.45) is 0.497. The van der Waals surface area contributed by atoms with Crippen LogP contribution in [0.1, 0.15) is 22.9 Å². The van der Waals surface area contributed by atoms with Gasteiger partial charge in [-0.3, -0.25) is 0 Å². The van der Waals surface area contributed by atoms with Crippen LogP contribution in [0.3, 0.4) is 0 Å². The molecule has 0 bridgehead atoms. The Morgan fingerprint density at radius 3 is 2.42 bits per heavy atom. The molecule has 1 unspecified atom stereocenters. The molecule has 62 valence electrons. The second-order valence-electron chi connectivity index (χ2n) is 2.69. The zero-order valence-electron chi connectivity index (χ0n) is 6.92. The summed E-state index contributed by atoms with van der Waals surface area (Å²) in [7, 11) is 0. The van der Waals surface area contributed by atoms with Gasteiger partial charge in [0.2, 0.25) is 0 Å². The quantitative estimate of drug-likeness (QED) is 0.707. The van der Waals surface area contributed by atoms with Crippen molar-refractivity contribution >= 4 is 15.9 Å². The Labute approximate surface area is 81.2 Å². The van der Waals surface area contributed by atoms with Crippen molar-refractivity contribution in [2.75, 3.05) is 0 Å². The molecule has 0 aliphatic carbocycles. The van der Waals surface area contributed by atoms with Crippen molar-refractivity contribution in [3.63, 3.8) is 0 Å². The Morgan fingerprint density at radius 2 is 2.00 bits per heavy atom. The second-order valence-corrected chi connectivity index (χ2v) is 4.07. The smallest absolute Gasteiger partial charge is 0.0669 e. The van der Waals surface area contributed by atoms with Gasteiger partial charge < -0.3 is 0 Å². The number of halogens is 1. The van der Waals surface area contributed by atoms with Gasteiger partial charge in [0.05, 0.1) is 12.5 Å². The fraction of sp³-hybridized carbons (Fsp3) is 0.300. The number of nitrogens with zero attached hydrogens (tertiary/aromatic N) is 1. The van der Waals surface area contributed by atoms with Gasteiger partial charge in [-0.1, -0.05) is 40.2 Å². The highest BCUT2D eigenvalue weighted by atomic mass is 79.9. The van der Waals surface area contributed by atoms with Crippen molar-refractivity contribution in [1.82, 2.24) is 0 Å². The summed E-state index contributed by atoms with van der Waals surface area (Å²) < 4.78 is 0. The molecule has 12 heavy (non-hydrogen) atoms. The molecule has 1 aromatic rings. The number of hydrogen-bond acceptors (Lipinski definition) is 1. The highest BCUT2D eigenvalue weighted by Gasteiger charge is 1.99. The Bertz CT molecular complexity index is 282. The Kier molecular flexibility index (Phi) is 3.31. The summed E-state index contributed by atoms with van der Waals surface area (Å²) in [5.74, 6) is 0. The van der Waals surface area contributed by atoms with Crippen molar-refractivity contribution in [2.45, 2.75) is 18.2 Å². The summed E-state index contributed by atoms with van der Waals surface area (Å²) in [5.41, 5.74) is 2.33. The van der Waals surface area contributed by atoms with Gasteiger partial charge in [0, 0.05) is 4.83 Å². The predicted molar refractivity (Wildman–Crippen MR) is 53.1 cm³/mol. The molecule has 2 heteroatoms. The van der Waals surface area contributed by atoms with Crippen LogP contribution < -0.4 is 0 Å². The lowest BCUT2D eigenvalue weighted by Gasteiger charge is -2.03. The summed E-state index contributed by atoms with van der Waals surface area (Å²) in [5, 5.41) is 8.44. The molecule has 0 amide bonds. The first-order valence-electron chi connectivity index (χ1n) is 3.84. The predicted octanol–water partition coefficient (Wildman–Crippen LogP) is 3.21. The SMILES string of the molecule is CC(Br)c1ccc(CC#N)cc1. The van der Waals surface area contributed by atoms with E-state index in [0.29, 0.717) is 11.2 Å². The van der Waals surface area contributed by atoms with E-state index in [1.807, 2.05) is 24.3 Å². The van der Waals surface area contributed by atoms with Gasteiger partial charge in [0.25, 0.3) is 0 Å². The first-order chi connectivity index (χ1) is 5.74. The minimum atomic E-state index is 0.383. The zero-order chi connectivity index (χ0) is 8.97. The largest absolute Gasteiger partial charge is 0.198 e. The Hall–Kier alpha value is -0.810. The zero-order valence-corrected chi connectivity index (χ0v) is 8.51. The number of nitriles is 1. The van der Waals surface area contributed by atoms with E-state index in [9.17, 15) is 0 Å². The fourth-order valence-corrected chi connectivity index (χ4v) is 1.30. The van der Waals surface area contributed by atoms with Crippen molar-refractivity contribution < 1.29 is 0 Å². The van der Waals surface area contributed by atoms with Crippen molar-refractivity contribution in [3.8, 4) is 6.07 Å². The van der Waals surface area contributed by atoms with Gasteiger partial charge in [-0.05, 0) is 18.1 Å². The van der Waals surface area contributed by atoms with Crippen LogP contribution in [0.15, 0.2) is 24.3 Å². The van der Waals surface area contributed by atoms with Gasteiger partial charge in [-0.25, -0.2) is 0 Å². The van der Waals surface area contributed by atoms with Crippen LogP contribution in [0.25, 0.3) is 0 Å². The lowest BCUT2D eigenvalue weighted by molar-refractivity contribution is 1.11. The maximum Gasteiger partial charge on any atom is 0.0669 e. The summed E-state index contributed by atoms with van der Waals surface area (Å²) >= 11 is 3.48. The molecule has 0 aliphatic heterocycles. The molecule has 0 saturated carbocycles. The van der Waals surface area contributed by atoms with E-state index < -0.39 is 0 Å². The molecule has 0 saturated heterocycles. The van der Waals surface area contributed by atoms with Crippen LogP contribution in [0.5, 0.6) is 0 Å². The molecule has 0 spiro atoms. The monoisotopic (exact) mass is 223 g/mol. The van der Waals surface area contributed by atoms with Crippen molar-refractivity contribution in [1.29, 1.82) is 5.26 Å². The molecule has 0 aliphatic rings. The first-order valence-corrected chi connectivity index (χ1v) is 4.75. The Morgan fingerprint density at radius 1 is 1.42 bits per heavy atom. The van der Waals surface area contributed by atoms with Gasteiger partial charge >= 0.3 is 0 Å². The van der Waals surface area contributed by atoms with E-state index in [0.717, 1.165) is 5.56 Å². The van der Waals surface area contributed by atoms with Gasteiger partial charge in [-0.15, -0.1) is 0 Å². The van der Waals surface area contributed by atoms with E-state index in [1.165, 1.54) is 5.56 Å². The summed E-state index contributed by atoms with van der Waals surface area (Å²) in [6, 6.07) is 10.2. The molecule has 0 fully saturated rings. The van der Waals surface area contributed by atoms with Crippen LogP contribution in [-0.2, 0) is 6.42 Å². The fourth-order valence-electron chi connectivity index (χ4n) is 0.992. The number of benzene rings is 1. The molecule has 0 heterocycles. The van der Waals surface area contributed by atoms with Crippen LogP contribution in [0, 0.1) is 11.3 Å². The standard InChI is InChI=1S/C10H10BrN/c1-8(11)10-4-2-9(3-5-10)6-7-12/h2-5,8H,6H2,1H3. The third-order valence-electron chi connectivity index (χ3n) is 1.72. The Balaban J connectivity index is 2.80. The van der Waals surface area contributed by atoms with E-state index in [1.54, 1.807) is 0 Å². The average molecular weight is 224 g/mol. The highest BCUT2D eigenvalue weighted by Crippen LogP contribution is 2.21. The second kappa shape index (κ2) is 4.27. The molecule has 0 radical (unpaired) electrons. The normalized spacial score (nSPS) is 12.1. The van der Waals surface area contributed by atoms with E-state index in [-0.39, 0.29) is 0 Å². The van der Waals surface area contributed by atoms with Gasteiger partial charge in [0.1, 0.15) is 0 Å². The van der Waals surface area contributed by atoms with Crippen LogP contribution in [-0.4, -0.2) is 0 Å². The third-order valence-corrected chi connectivity index (χ3v) is 2.25. The average Bonchev–Trinajstić information content (AvgIpc) is 2.06. The maximum atomic E-state index is 8.44.